The van der Waals surface area contributed by atoms with Gasteiger partial charge in [-0.25, -0.2) is 4.79 Å². The topological polar surface area (TPSA) is 108 Å². The largest absolute Gasteiger partial charge is 0.493 e. The number of fused-ring (bicyclic) bond motifs is 1. The van der Waals surface area contributed by atoms with Crippen molar-refractivity contribution in [3.63, 3.8) is 0 Å². The normalized spacial score (nSPS) is 15.3. The molecule has 0 radical (unpaired) electrons. The molecule has 1 heterocycles. The van der Waals surface area contributed by atoms with Crippen molar-refractivity contribution < 1.29 is 28.7 Å². The van der Waals surface area contributed by atoms with E-state index in [0.29, 0.717) is 0 Å². The van der Waals surface area contributed by atoms with Crippen LogP contribution in [0.3, 0.4) is 0 Å². The number of methoxy groups -OCH3 is 2. The van der Waals surface area contributed by atoms with Crippen molar-refractivity contribution >= 4 is 23.1 Å². The molecule has 0 N–H and O–H groups in total. The van der Waals surface area contributed by atoms with E-state index >= 15 is 0 Å². The molecule has 0 bridgehead atoms. The van der Waals surface area contributed by atoms with E-state index in [0.717, 1.165) is 29.1 Å². The second kappa shape index (κ2) is 8.70. The first-order chi connectivity index (χ1) is 15.1. The molecule has 168 valence electrons. The van der Waals surface area contributed by atoms with Crippen LogP contribution < -0.4 is 14.4 Å². The van der Waals surface area contributed by atoms with Gasteiger partial charge in [0.15, 0.2) is 23.9 Å². The maximum atomic E-state index is 12.6. The van der Waals surface area contributed by atoms with Gasteiger partial charge in [-0.15, -0.1) is 0 Å². The minimum Gasteiger partial charge on any atom is -0.493 e. The number of para-hydroxylation sites is 1. The SMILES string of the molecule is COc1cc(C(=O)OCC(=O)C=C2N(C)c3ccccc3C2(C)C)c([N+](=O)[O-])cc1OC. The minimum atomic E-state index is -1.01. The van der Waals surface area contributed by atoms with E-state index < -0.39 is 34.4 Å². The Bertz CT molecular complexity index is 1120. The second-order valence-electron chi connectivity index (χ2n) is 7.75. The molecular weight excluding hydrogens is 416 g/mol. The third-order valence-corrected chi connectivity index (χ3v) is 5.50. The number of carbonyl (C=O) groups is 2. The predicted molar refractivity (Wildman–Crippen MR) is 117 cm³/mol. The summed E-state index contributed by atoms with van der Waals surface area (Å²) in [7, 11) is 4.53. The first-order valence-corrected chi connectivity index (χ1v) is 9.77. The molecule has 0 amide bonds. The average Bonchev–Trinajstić information content (AvgIpc) is 2.97. The van der Waals surface area contributed by atoms with E-state index in [9.17, 15) is 19.7 Å². The Hall–Kier alpha value is -3.88. The maximum Gasteiger partial charge on any atom is 0.345 e. The molecule has 2 aromatic carbocycles. The Labute approximate surface area is 185 Å². The van der Waals surface area contributed by atoms with Crippen LogP contribution in [-0.4, -0.2) is 44.6 Å². The van der Waals surface area contributed by atoms with E-state index in [1.165, 1.54) is 20.3 Å². The summed E-state index contributed by atoms with van der Waals surface area (Å²) in [6.07, 6.45) is 1.44. The Balaban J connectivity index is 1.80. The van der Waals surface area contributed by atoms with Crippen molar-refractivity contribution in [2.24, 2.45) is 0 Å². The quantitative estimate of drug-likeness (QED) is 0.278. The van der Waals surface area contributed by atoms with Gasteiger partial charge in [-0.05, 0) is 11.6 Å². The van der Waals surface area contributed by atoms with Crippen LogP contribution in [0.4, 0.5) is 11.4 Å². The highest BCUT2D eigenvalue weighted by molar-refractivity contribution is 5.98. The summed E-state index contributed by atoms with van der Waals surface area (Å²) >= 11 is 0. The molecule has 0 saturated heterocycles. The molecular formula is C23H24N2O7. The van der Waals surface area contributed by atoms with Crippen LogP contribution in [0.2, 0.25) is 0 Å². The van der Waals surface area contributed by atoms with Crippen LogP contribution in [0.25, 0.3) is 0 Å². The minimum absolute atomic E-state index is 0.0997. The van der Waals surface area contributed by atoms with Crippen molar-refractivity contribution in [3.8, 4) is 11.5 Å². The lowest BCUT2D eigenvalue weighted by Gasteiger charge is -2.23. The van der Waals surface area contributed by atoms with E-state index in [2.05, 4.69) is 0 Å². The summed E-state index contributed by atoms with van der Waals surface area (Å²) in [6, 6.07) is 10.1. The highest BCUT2D eigenvalue weighted by Crippen LogP contribution is 2.46. The van der Waals surface area contributed by atoms with Crippen LogP contribution in [0.15, 0.2) is 48.2 Å². The lowest BCUT2D eigenvalue weighted by Crippen LogP contribution is -2.25. The molecule has 32 heavy (non-hydrogen) atoms. The lowest BCUT2D eigenvalue weighted by atomic mass is 9.83. The van der Waals surface area contributed by atoms with Gasteiger partial charge in [-0.3, -0.25) is 14.9 Å². The van der Waals surface area contributed by atoms with Crippen molar-refractivity contribution in [3.05, 3.63) is 69.4 Å². The van der Waals surface area contributed by atoms with Gasteiger partial charge in [0.2, 0.25) is 0 Å². The van der Waals surface area contributed by atoms with E-state index in [1.807, 2.05) is 50.1 Å². The van der Waals surface area contributed by atoms with Gasteiger partial charge in [0, 0.05) is 36.0 Å². The van der Waals surface area contributed by atoms with Gasteiger partial charge in [-0.2, -0.15) is 0 Å². The molecule has 0 atom stereocenters. The third kappa shape index (κ3) is 4.01. The number of nitrogens with zero attached hydrogens (tertiary/aromatic N) is 2. The van der Waals surface area contributed by atoms with Gasteiger partial charge in [0.05, 0.1) is 25.2 Å². The van der Waals surface area contributed by atoms with Gasteiger partial charge in [0.25, 0.3) is 5.69 Å². The smallest absolute Gasteiger partial charge is 0.345 e. The highest BCUT2D eigenvalue weighted by Gasteiger charge is 2.38. The average molecular weight is 440 g/mol. The van der Waals surface area contributed by atoms with E-state index in [1.54, 1.807) is 0 Å². The van der Waals surface area contributed by atoms with Gasteiger partial charge < -0.3 is 19.1 Å². The summed E-state index contributed by atoms with van der Waals surface area (Å²) in [5.74, 6) is -1.22. The number of ketones is 1. The number of esters is 1. The fourth-order valence-electron chi connectivity index (χ4n) is 3.85. The third-order valence-electron chi connectivity index (χ3n) is 5.50. The Kier molecular flexibility index (Phi) is 6.20. The van der Waals surface area contributed by atoms with Gasteiger partial charge in [-0.1, -0.05) is 32.0 Å². The van der Waals surface area contributed by atoms with E-state index in [-0.39, 0.29) is 17.1 Å². The zero-order valence-corrected chi connectivity index (χ0v) is 18.5. The first kappa shape index (κ1) is 22.8. The maximum absolute atomic E-state index is 12.6. The fraction of sp³-hybridized carbons (Fsp3) is 0.304. The molecule has 0 unspecified atom stereocenters. The second-order valence-corrected chi connectivity index (χ2v) is 7.75. The summed E-state index contributed by atoms with van der Waals surface area (Å²) in [5, 5.41) is 11.4. The Morgan fingerprint density at radius 2 is 1.75 bits per heavy atom. The lowest BCUT2D eigenvalue weighted by molar-refractivity contribution is -0.385. The predicted octanol–water partition coefficient (Wildman–Crippen LogP) is 3.65. The summed E-state index contributed by atoms with van der Waals surface area (Å²) < 4.78 is 15.2. The Morgan fingerprint density at radius 1 is 1.12 bits per heavy atom. The summed E-state index contributed by atoms with van der Waals surface area (Å²) in [4.78, 5) is 37.7. The van der Waals surface area contributed by atoms with Crippen LogP contribution >= 0.6 is 0 Å². The van der Waals surface area contributed by atoms with Crippen LogP contribution in [0.1, 0.15) is 29.8 Å². The number of likely N-dealkylation sites (N-methyl/N-ethyl adjacent to an activating group) is 1. The van der Waals surface area contributed by atoms with Gasteiger partial charge in [0.1, 0.15) is 5.56 Å². The molecule has 0 spiro atoms. The summed E-state index contributed by atoms with van der Waals surface area (Å²) in [6.45, 7) is 3.45. The molecule has 0 saturated carbocycles. The van der Waals surface area contributed by atoms with Crippen molar-refractivity contribution in [2.75, 3.05) is 32.8 Å². The summed E-state index contributed by atoms with van der Waals surface area (Å²) in [5.41, 5.74) is 1.59. The fourth-order valence-corrected chi connectivity index (χ4v) is 3.85. The van der Waals surface area contributed by atoms with Crippen LogP contribution in [-0.2, 0) is 14.9 Å². The number of nitro benzene ring substituents is 1. The van der Waals surface area contributed by atoms with Gasteiger partial charge >= 0.3 is 5.97 Å². The van der Waals surface area contributed by atoms with Crippen molar-refractivity contribution in [2.45, 2.75) is 19.3 Å². The number of benzene rings is 2. The molecule has 0 aromatic heterocycles. The highest BCUT2D eigenvalue weighted by atomic mass is 16.6. The number of allylic oxidation sites excluding steroid dienone is 1. The zero-order chi connectivity index (χ0) is 23.6. The Morgan fingerprint density at radius 3 is 2.34 bits per heavy atom. The molecule has 0 fully saturated rings. The number of hydrogen-bond acceptors (Lipinski definition) is 8. The van der Waals surface area contributed by atoms with Crippen molar-refractivity contribution in [1.29, 1.82) is 0 Å². The molecule has 0 aliphatic carbocycles. The van der Waals surface area contributed by atoms with E-state index in [4.69, 9.17) is 14.2 Å². The molecule has 3 rings (SSSR count). The number of carbonyl (C=O) groups excluding carboxylic acids is 2. The monoisotopic (exact) mass is 440 g/mol. The molecule has 9 nitrogen and oxygen atoms in total. The number of ether oxygens (including phenoxy) is 3. The number of hydrogen-bond donors (Lipinski definition) is 0. The van der Waals surface area contributed by atoms with Crippen molar-refractivity contribution in [1.82, 2.24) is 0 Å². The molecule has 9 heteroatoms. The zero-order valence-electron chi connectivity index (χ0n) is 18.5. The first-order valence-electron chi connectivity index (χ1n) is 9.77. The molecule has 1 aliphatic rings. The van der Waals surface area contributed by atoms with Crippen LogP contribution in [0.5, 0.6) is 11.5 Å². The molecule has 1 aliphatic heterocycles. The molecule has 2 aromatic rings. The standard InChI is InChI=1S/C23H24N2O7/c1-23(2)16-8-6-7-9-17(16)24(3)21(23)10-14(26)13-32-22(27)15-11-19(30-4)20(31-5)12-18(15)25(28)29/h6-12H,13H2,1-5H3. The number of rotatable bonds is 7. The van der Waals surface area contributed by atoms with Crippen LogP contribution in [0, 0.1) is 10.1 Å². The number of anilines is 1. The number of nitro groups is 1.